The third-order valence-corrected chi connectivity index (χ3v) is 2.51. The predicted octanol–water partition coefficient (Wildman–Crippen LogP) is 0.869. The zero-order chi connectivity index (χ0) is 12.8. The van der Waals surface area contributed by atoms with Crippen LogP contribution in [0.25, 0.3) is 0 Å². The molecule has 0 aromatic carbocycles. The van der Waals surface area contributed by atoms with Crippen LogP contribution in [0.2, 0.25) is 0 Å². The van der Waals surface area contributed by atoms with E-state index in [4.69, 9.17) is 4.74 Å². The number of hydrogen-bond acceptors (Lipinski definition) is 4. The molecule has 0 spiro atoms. The zero-order valence-corrected chi connectivity index (χ0v) is 10.6. The first kappa shape index (κ1) is 14.9. The fraction of sp³-hybridized carbons (Fsp3) is 0.818. The van der Waals surface area contributed by atoms with Crippen molar-refractivity contribution in [3.05, 3.63) is 0 Å². The number of nitrogens with one attached hydrogen (secondary N) is 1. The minimum Gasteiger partial charge on any atom is -0.467 e. The summed E-state index contributed by atoms with van der Waals surface area (Å²) in [7, 11) is 2.75. The van der Waals surface area contributed by atoms with Crippen LogP contribution in [0.5, 0.6) is 0 Å². The van der Waals surface area contributed by atoms with Crippen LogP contribution in [0, 0.1) is 0 Å². The third kappa shape index (κ3) is 3.81. The molecule has 0 heterocycles. The van der Waals surface area contributed by atoms with Crippen molar-refractivity contribution in [2.24, 2.45) is 0 Å². The van der Waals surface area contributed by atoms with Crippen LogP contribution >= 0.6 is 0 Å². The van der Waals surface area contributed by atoms with Crippen LogP contribution in [0.15, 0.2) is 0 Å². The molecule has 0 fully saturated rings. The Labute approximate surface area is 96.5 Å². The van der Waals surface area contributed by atoms with Gasteiger partial charge in [0.05, 0.1) is 7.11 Å². The molecule has 0 rings (SSSR count). The Kier molecular flexibility index (Phi) is 6.03. The summed E-state index contributed by atoms with van der Waals surface area (Å²) in [5.74, 6) is -0.755. The summed E-state index contributed by atoms with van der Waals surface area (Å²) in [6.45, 7) is 5.22. The van der Waals surface area contributed by atoms with Crippen LogP contribution < -0.4 is 5.32 Å². The molecule has 5 nitrogen and oxygen atoms in total. The van der Waals surface area contributed by atoms with Gasteiger partial charge in [-0.2, -0.15) is 0 Å². The first-order chi connectivity index (χ1) is 7.41. The number of esters is 1. The lowest BCUT2D eigenvalue weighted by Gasteiger charge is -2.28. The summed E-state index contributed by atoms with van der Waals surface area (Å²) >= 11 is 0. The quantitative estimate of drug-likeness (QED) is 0.689. The Morgan fingerprint density at radius 2 is 1.94 bits per heavy atom. The van der Waals surface area contributed by atoms with Gasteiger partial charge >= 0.3 is 5.97 Å². The van der Waals surface area contributed by atoms with Gasteiger partial charge in [-0.1, -0.05) is 13.3 Å². The van der Waals surface area contributed by atoms with E-state index in [0.29, 0.717) is 6.42 Å². The maximum Gasteiger partial charge on any atom is 0.331 e. The molecule has 0 saturated carbocycles. The van der Waals surface area contributed by atoms with Crippen LogP contribution in [-0.2, 0) is 19.1 Å². The molecule has 5 heteroatoms. The Morgan fingerprint density at radius 3 is 2.31 bits per heavy atom. The molecule has 0 aromatic rings. The highest BCUT2D eigenvalue weighted by molar-refractivity contribution is 5.89. The maximum atomic E-state index is 11.6. The smallest absolute Gasteiger partial charge is 0.331 e. The van der Waals surface area contributed by atoms with E-state index in [0.717, 1.165) is 6.42 Å². The molecule has 1 N–H and O–H groups in total. The number of methoxy groups -OCH3 is 2. The molecule has 0 aliphatic carbocycles. The van der Waals surface area contributed by atoms with E-state index in [9.17, 15) is 9.59 Å². The Bertz CT molecular complexity index is 254. The molecular weight excluding hydrogens is 210 g/mol. The van der Waals surface area contributed by atoms with Crippen molar-refractivity contribution in [2.75, 3.05) is 14.2 Å². The lowest BCUT2D eigenvalue weighted by molar-refractivity contribution is -0.152. The van der Waals surface area contributed by atoms with Crippen molar-refractivity contribution in [3.8, 4) is 0 Å². The van der Waals surface area contributed by atoms with Gasteiger partial charge in [0.15, 0.2) is 0 Å². The van der Waals surface area contributed by atoms with Crippen LogP contribution in [0.3, 0.4) is 0 Å². The van der Waals surface area contributed by atoms with Crippen LogP contribution in [0.4, 0.5) is 0 Å². The average molecular weight is 231 g/mol. The predicted molar refractivity (Wildman–Crippen MR) is 59.9 cm³/mol. The van der Waals surface area contributed by atoms with Crippen LogP contribution in [-0.4, -0.2) is 37.7 Å². The van der Waals surface area contributed by atoms with Crippen molar-refractivity contribution >= 4 is 11.9 Å². The summed E-state index contributed by atoms with van der Waals surface area (Å²) < 4.78 is 9.57. The number of hydrogen-bond donors (Lipinski definition) is 1. The van der Waals surface area contributed by atoms with Gasteiger partial charge in [0, 0.05) is 7.11 Å². The summed E-state index contributed by atoms with van der Waals surface area (Å²) in [4.78, 5) is 23.2. The lowest BCUT2D eigenvalue weighted by Crippen LogP contribution is -2.55. The summed E-state index contributed by atoms with van der Waals surface area (Å²) in [5, 5.41) is 2.66. The van der Waals surface area contributed by atoms with Crippen molar-refractivity contribution in [2.45, 2.75) is 45.3 Å². The van der Waals surface area contributed by atoms with Gasteiger partial charge in [0.1, 0.15) is 11.6 Å². The molecule has 0 aliphatic rings. The monoisotopic (exact) mass is 231 g/mol. The SMILES string of the molecule is CCCC(C)(NC(=O)C(C)OC)C(=O)OC. The van der Waals surface area contributed by atoms with E-state index in [-0.39, 0.29) is 5.91 Å². The first-order valence-corrected chi connectivity index (χ1v) is 5.34. The van der Waals surface area contributed by atoms with E-state index < -0.39 is 17.6 Å². The highest BCUT2D eigenvalue weighted by Gasteiger charge is 2.36. The molecule has 1 amide bonds. The van der Waals surface area contributed by atoms with Crippen molar-refractivity contribution in [3.63, 3.8) is 0 Å². The van der Waals surface area contributed by atoms with Gasteiger partial charge in [-0.05, 0) is 20.3 Å². The van der Waals surface area contributed by atoms with E-state index in [1.54, 1.807) is 13.8 Å². The lowest BCUT2D eigenvalue weighted by atomic mass is 9.96. The fourth-order valence-corrected chi connectivity index (χ4v) is 1.42. The molecular formula is C11H21NO4. The molecule has 0 aliphatic heterocycles. The minimum atomic E-state index is -0.979. The molecule has 0 radical (unpaired) electrons. The second-order valence-electron chi connectivity index (χ2n) is 3.94. The highest BCUT2D eigenvalue weighted by Crippen LogP contribution is 2.14. The number of carbonyl (C=O) groups excluding carboxylic acids is 2. The van der Waals surface area contributed by atoms with Crippen molar-refractivity contribution in [1.29, 1.82) is 0 Å². The molecule has 0 aromatic heterocycles. The Morgan fingerprint density at radius 1 is 1.38 bits per heavy atom. The molecule has 0 bridgehead atoms. The van der Waals surface area contributed by atoms with Crippen molar-refractivity contribution < 1.29 is 19.1 Å². The first-order valence-electron chi connectivity index (χ1n) is 5.34. The minimum absolute atomic E-state index is 0.316. The highest BCUT2D eigenvalue weighted by atomic mass is 16.5. The number of carbonyl (C=O) groups is 2. The summed E-state index contributed by atoms with van der Waals surface area (Å²) in [6, 6.07) is 0. The normalized spacial score (nSPS) is 16.1. The molecule has 16 heavy (non-hydrogen) atoms. The topological polar surface area (TPSA) is 64.6 Å². The van der Waals surface area contributed by atoms with Crippen molar-refractivity contribution in [1.82, 2.24) is 5.32 Å². The Balaban J connectivity index is 4.67. The van der Waals surface area contributed by atoms with E-state index in [2.05, 4.69) is 10.1 Å². The van der Waals surface area contributed by atoms with Gasteiger partial charge in [0.25, 0.3) is 0 Å². The van der Waals surface area contributed by atoms with Gasteiger partial charge in [-0.25, -0.2) is 4.79 Å². The average Bonchev–Trinajstić information content (AvgIpc) is 2.26. The maximum absolute atomic E-state index is 11.6. The second kappa shape index (κ2) is 6.48. The van der Waals surface area contributed by atoms with Gasteiger partial charge in [0.2, 0.25) is 5.91 Å². The van der Waals surface area contributed by atoms with Gasteiger partial charge < -0.3 is 14.8 Å². The molecule has 2 unspecified atom stereocenters. The number of amides is 1. The molecule has 0 saturated heterocycles. The largest absolute Gasteiger partial charge is 0.467 e. The number of ether oxygens (including phenoxy) is 2. The van der Waals surface area contributed by atoms with Gasteiger partial charge in [-0.15, -0.1) is 0 Å². The summed E-state index contributed by atoms with van der Waals surface area (Å²) in [6.07, 6.45) is 0.718. The second-order valence-corrected chi connectivity index (χ2v) is 3.94. The number of rotatable bonds is 6. The standard InChI is InChI=1S/C11H21NO4/c1-6-7-11(3,10(14)16-5)12-9(13)8(2)15-4/h8H,6-7H2,1-5H3,(H,12,13). The molecule has 2 atom stereocenters. The van der Waals surface area contributed by atoms with E-state index in [1.165, 1.54) is 14.2 Å². The summed E-state index contributed by atoms with van der Waals surface area (Å²) in [5.41, 5.74) is -0.979. The van der Waals surface area contributed by atoms with E-state index in [1.807, 2.05) is 6.92 Å². The van der Waals surface area contributed by atoms with E-state index >= 15 is 0 Å². The Hall–Kier alpha value is -1.10. The fourth-order valence-electron chi connectivity index (χ4n) is 1.42. The van der Waals surface area contributed by atoms with Gasteiger partial charge in [-0.3, -0.25) is 4.79 Å². The zero-order valence-electron chi connectivity index (χ0n) is 10.6. The van der Waals surface area contributed by atoms with Crippen LogP contribution in [0.1, 0.15) is 33.6 Å². The third-order valence-electron chi connectivity index (χ3n) is 2.51. The molecule has 94 valence electrons.